The first kappa shape index (κ1) is 11.3. The van der Waals surface area contributed by atoms with E-state index in [9.17, 15) is 14.4 Å². The second kappa shape index (κ2) is 4.65. The molecule has 0 saturated carbocycles. The third-order valence-corrected chi connectivity index (χ3v) is 2.41. The first-order valence-electron chi connectivity index (χ1n) is 4.10. The van der Waals surface area contributed by atoms with Gasteiger partial charge in [0.1, 0.15) is 0 Å². The third-order valence-electron chi connectivity index (χ3n) is 1.86. The van der Waals surface area contributed by atoms with Crippen molar-refractivity contribution in [3.63, 3.8) is 0 Å². The van der Waals surface area contributed by atoms with Gasteiger partial charge in [0, 0.05) is 12.0 Å². The van der Waals surface area contributed by atoms with Crippen LogP contribution in [0.15, 0.2) is 30.3 Å². The van der Waals surface area contributed by atoms with Crippen molar-refractivity contribution in [1.82, 2.24) is 0 Å². The zero-order valence-electron chi connectivity index (χ0n) is 7.46. The van der Waals surface area contributed by atoms with Gasteiger partial charge in [-0.1, -0.05) is 30.3 Å². The molecule has 0 aliphatic carbocycles. The summed E-state index contributed by atoms with van der Waals surface area (Å²) in [5.74, 6) is -2.19. The molecule has 0 bridgehead atoms. The number of hydrogen-bond acceptors (Lipinski definition) is 3. The minimum Gasteiger partial charge on any atom is -0.362 e. The van der Waals surface area contributed by atoms with Gasteiger partial charge in [0.25, 0.3) is 0 Å². The Hall–Kier alpha value is -0.750. The van der Waals surface area contributed by atoms with Crippen molar-refractivity contribution >= 4 is 11.1 Å². The largest absolute Gasteiger partial charge is 0.362 e. The van der Waals surface area contributed by atoms with Gasteiger partial charge >= 0.3 is 0 Å². The lowest BCUT2D eigenvalue weighted by Crippen LogP contribution is -2.27. The average Bonchev–Trinajstić information content (AvgIpc) is 2.16. The van der Waals surface area contributed by atoms with Gasteiger partial charge < -0.3 is 14.8 Å². The fourth-order valence-corrected chi connectivity index (χ4v) is 1.54. The van der Waals surface area contributed by atoms with Crippen molar-refractivity contribution < 1.29 is 19.0 Å². The van der Waals surface area contributed by atoms with Crippen LogP contribution >= 0.6 is 0 Å². The summed E-state index contributed by atoms with van der Waals surface area (Å²) in [6.45, 7) is 0. The molecular formula is C9H12O4S. The molecule has 0 radical (unpaired) electrons. The van der Waals surface area contributed by atoms with Crippen molar-refractivity contribution in [3.05, 3.63) is 35.9 Å². The van der Waals surface area contributed by atoms with Crippen molar-refractivity contribution in [2.24, 2.45) is 0 Å². The van der Waals surface area contributed by atoms with Gasteiger partial charge in [0.15, 0.2) is 16.9 Å². The van der Waals surface area contributed by atoms with E-state index in [1.165, 1.54) is 0 Å². The van der Waals surface area contributed by atoms with Crippen LogP contribution in [-0.4, -0.2) is 24.7 Å². The van der Waals surface area contributed by atoms with E-state index in [0.717, 1.165) is 0 Å². The summed E-state index contributed by atoms with van der Waals surface area (Å²) >= 11 is -2.01. The Morgan fingerprint density at radius 1 is 1.21 bits per heavy atom. The highest BCUT2D eigenvalue weighted by Gasteiger charge is 2.25. The number of rotatable bonds is 4. The van der Waals surface area contributed by atoms with Crippen LogP contribution in [0.4, 0.5) is 0 Å². The molecule has 0 saturated heterocycles. The van der Waals surface area contributed by atoms with E-state index in [0.29, 0.717) is 5.56 Å². The zero-order chi connectivity index (χ0) is 10.6. The summed E-state index contributed by atoms with van der Waals surface area (Å²) in [5.41, 5.74) is 0.324. The highest BCUT2D eigenvalue weighted by molar-refractivity contribution is 7.79. The lowest BCUT2D eigenvalue weighted by Gasteiger charge is -2.21. The summed E-state index contributed by atoms with van der Waals surface area (Å²) < 4.78 is 18.9. The van der Waals surface area contributed by atoms with Crippen LogP contribution in [0, 0.1) is 0 Å². The van der Waals surface area contributed by atoms with E-state index >= 15 is 0 Å². The third kappa shape index (κ3) is 3.19. The summed E-state index contributed by atoms with van der Waals surface area (Å²) in [5, 5.41) is 19.1. The second-order valence-electron chi connectivity index (χ2n) is 2.96. The highest BCUT2D eigenvalue weighted by Crippen LogP contribution is 2.21. The second-order valence-corrected chi connectivity index (χ2v) is 4.01. The van der Waals surface area contributed by atoms with Crippen LogP contribution in [0.2, 0.25) is 0 Å². The van der Waals surface area contributed by atoms with Gasteiger partial charge in [-0.3, -0.25) is 0 Å². The Morgan fingerprint density at radius 3 is 2.29 bits per heavy atom. The van der Waals surface area contributed by atoms with E-state index in [1.807, 2.05) is 0 Å². The SMILES string of the molecule is O=S(O)CCC(O)(O)c1ccccc1. The molecule has 14 heavy (non-hydrogen) atoms. The molecule has 0 aliphatic heterocycles. The smallest absolute Gasteiger partial charge is 0.190 e. The van der Waals surface area contributed by atoms with Crippen LogP contribution in [-0.2, 0) is 16.9 Å². The van der Waals surface area contributed by atoms with Gasteiger partial charge in [0.2, 0.25) is 0 Å². The maximum atomic E-state index is 10.4. The molecule has 1 rings (SSSR count). The molecule has 1 unspecified atom stereocenters. The fourth-order valence-electron chi connectivity index (χ4n) is 1.08. The molecule has 1 aromatic rings. The molecule has 0 fully saturated rings. The van der Waals surface area contributed by atoms with Gasteiger partial charge in [-0.2, -0.15) is 0 Å². The van der Waals surface area contributed by atoms with Gasteiger partial charge in [-0.05, 0) is 0 Å². The Labute approximate surface area is 84.5 Å². The minimum absolute atomic E-state index is 0.165. The molecule has 3 N–H and O–H groups in total. The molecule has 78 valence electrons. The standard InChI is InChI=1S/C9H12O4S/c10-9(11,6-7-14(12)13)8-4-2-1-3-5-8/h1-5,10-11H,6-7H2,(H,12,13). The van der Waals surface area contributed by atoms with Crippen LogP contribution < -0.4 is 0 Å². The Kier molecular flexibility index (Phi) is 3.77. The van der Waals surface area contributed by atoms with Crippen LogP contribution in [0.25, 0.3) is 0 Å². The Balaban J connectivity index is 2.70. The van der Waals surface area contributed by atoms with E-state index in [2.05, 4.69) is 0 Å². The number of hydrogen-bond donors (Lipinski definition) is 3. The monoisotopic (exact) mass is 216 g/mol. The fraction of sp³-hybridized carbons (Fsp3) is 0.333. The van der Waals surface area contributed by atoms with Gasteiger partial charge in [-0.25, -0.2) is 4.21 Å². The van der Waals surface area contributed by atoms with E-state index in [1.54, 1.807) is 30.3 Å². The quantitative estimate of drug-likeness (QED) is 0.504. The summed E-state index contributed by atoms with van der Waals surface area (Å²) in [7, 11) is 0. The predicted molar refractivity (Wildman–Crippen MR) is 52.8 cm³/mol. The van der Waals surface area contributed by atoms with Gasteiger partial charge in [-0.15, -0.1) is 0 Å². The van der Waals surface area contributed by atoms with E-state index in [-0.39, 0.29) is 12.2 Å². The molecule has 0 aromatic heterocycles. The van der Waals surface area contributed by atoms with Crippen LogP contribution in [0.3, 0.4) is 0 Å². The zero-order valence-corrected chi connectivity index (χ0v) is 8.28. The van der Waals surface area contributed by atoms with Gasteiger partial charge in [0.05, 0.1) is 5.75 Å². The van der Waals surface area contributed by atoms with Crippen LogP contribution in [0.1, 0.15) is 12.0 Å². The molecule has 5 heteroatoms. The Bertz CT molecular complexity index is 310. The lowest BCUT2D eigenvalue weighted by molar-refractivity contribution is -0.170. The number of benzene rings is 1. The van der Waals surface area contributed by atoms with Crippen molar-refractivity contribution in [2.45, 2.75) is 12.2 Å². The average molecular weight is 216 g/mol. The maximum Gasteiger partial charge on any atom is 0.190 e. The first-order valence-corrected chi connectivity index (χ1v) is 5.38. The summed E-state index contributed by atoms with van der Waals surface area (Å²) in [6.07, 6.45) is -0.167. The van der Waals surface area contributed by atoms with Crippen LogP contribution in [0.5, 0.6) is 0 Å². The summed E-state index contributed by atoms with van der Waals surface area (Å²) in [4.78, 5) is 0. The molecule has 4 nitrogen and oxygen atoms in total. The first-order chi connectivity index (χ1) is 6.52. The maximum absolute atomic E-state index is 10.4. The van der Waals surface area contributed by atoms with E-state index in [4.69, 9.17) is 4.55 Å². The minimum atomic E-state index is -2.03. The van der Waals surface area contributed by atoms with Crippen molar-refractivity contribution in [1.29, 1.82) is 0 Å². The normalized spacial score (nSPS) is 13.9. The van der Waals surface area contributed by atoms with Crippen molar-refractivity contribution in [2.75, 3.05) is 5.75 Å². The molecule has 0 spiro atoms. The highest BCUT2D eigenvalue weighted by atomic mass is 32.2. The van der Waals surface area contributed by atoms with Crippen molar-refractivity contribution in [3.8, 4) is 0 Å². The predicted octanol–water partition coefficient (Wildman–Crippen LogP) is 0.436. The molecular weight excluding hydrogens is 204 g/mol. The van der Waals surface area contributed by atoms with E-state index < -0.39 is 16.9 Å². The topological polar surface area (TPSA) is 77.8 Å². The molecule has 0 heterocycles. The lowest BCUT2D eigenvalue weighted by atomic mass is 10.0. The number of aliphatic hydroxyl groups is 2. The molecule has 0 amide bonds. The molecule has 1 atom stereocenters. The Morgan fingerprint density at radius 2 is 1.79 bits per heavy atom. The summed E-state index contributed by atoms with van der Waals surface area (Å²) in [6, 6.07) is 8.21. The molecule has 1 aromatic carbocycles. The molecule has 0 aliphatic rings.